The van der Waals surface area contributed by atoms with Crippen LogP contribution in [0.1, 0.15) is 37.7 Å². The third kappa shape index (κ3) is 2.38. The number of rotatable bonds is 2. The molecule has 1 saturated heterocycles. The van der Waals surface area contributed by atoms with Gasteiger partial charge in [-0.3, -0.25) is 9.69 Å². The Morgan fingerprint density at radius 2 is 1.67 bits per heavy atom. The van der Waals surface area contributed by atoms with Crippen molar-refractivity contribution in [3.05, 3.63) is 35.9 Å². The lowest BCUT2D eigenvalue weighted by molar-refractivity contribution is -0.126. The van der Waals surface area contributed by atoms with Gasteiger partial charge < -0.3 is 4.90 Å². The molecular weight excluding hydrogens is 260 g/mol. The Labute approximate surface area is 127 Å². The average molecular weight is 286 g/mol. The largest absolute Gasteiger partial charge is 0.345 e. The quantitative estimate of drug-likeness (QED) is 0.834. The fourth-order valence-corrected chi connectivity index (χ4v) is 4.37. The van der Waals surface area contributed by atoms with E-state index < -0.39 is 0 Å². The van der Waals surface area contributed by atoms with Gasteiger partial charge >= 0.3 is 0 Å². The van der Waals surface area contributed by atoms with Gasteiger partial charge in [-0.1, -0.05) is 30.3 Å². The van der Waals surface area contributed by atoms with E-state index in [1.54, 1.807) is 0 Å². The van der Waals surface area contributed by atoms with E-state index >= 15 is 0 Å². The van der Waals surface area contributed by atoms with E-state index in [0.717, 1.165) is 38.6 Å². The molecule has 3 heteroatoms. The van der Waals surface area contributed by atoms with Crippen LogP contribution in [0.3, 0.4) is 0 Å². The van der Waals surface area contributed by atoms with Crippen LogP contribution in [0, 0.1) is 5.41 Å². The standard InChI is InChI=1S/C18H26N2O/c1-19(2)18(15-7-5-4-6-8-15)11-9-17(10-12-18)13-16(21)20(3)14-17/h4-8H,9-14H2,1-3H3/t17-,18+. The molecule has 1 heterocycles. The highest BCUT2D eigenvalue weighted by Crippen LogP contribution is 2.51. The van der Waals surface area contributed by atoms with Crippen LogP contribution in [-0.2, 0) is 10.3 Å². The second kappa shape index (κ2) is 5.13. The van der Waals surface area contributed by atoms with Crippen molar-refractivity contribution in [2.24, 2.45) is 5.41 Å². The lowest BCUT2D eigenvalue weighted by Gasteiger charge is -2.48. The number of amides is 1. The van der Waals surface area contributed by atoms with Gasteiger partial charge in [0.05, 0.1) is 0 Å². The number of carbonyl (C=O) groups excluding carboxylic acids is 1. The first kappa shape index (κ1) is 14.6. The number of benzene rings is 1. The molecule has 2 aliphatic rings. The van der Waals surface area contributed by atoms with Gasteiger partial charge in [0.25, 0.3) is 0 Å². The molecule has 3 nitrogen and oxygen atoms in total. The van der Waals surface area contributed by atoms with Crippen LogP contribution in [-0.4, -0.2) is 43.4 Å². The third-order valence-corrected chi connectivity index (χ3v) is 5.83. The van der Waals surface area contributed by atoms with E-state index in [1.807, 2.05) is 11.9 Å². The molecule has 0 unspecified atom stereocenters. The van der Waals surface area contributed by atoms with E-state index in [9.17, 15) is 4.79 Å². The summed E-state index contributed by atoms with van der Waals surface area (Å²) in [5, 5.41) is 0. The molecule has 0 aromatic heterocycles. The summed E-state index contributed by atoms with van der Waals surface area (Å²) in [6.07, 6.45) is 5.34. The Balaban J connectivity index is 1.83. The van der Waals surface area contributed by atoms with E-state index in [-0.39, 0.29) is 11.0 Å². The van der Waals surface area contributed by atoms with Crippen LogP contribution >= 0.6 is 0 Å². The molecule has 1 amide bonds. The first-order valence-electron chi connectivity index (χ1n) is 7.94. The molecule has 0 bridgehead atoms. The Morgan fingerprint density at radius 1 is 1.05 bits per heavy atom. The second-order valence-corrected chi connectivity index (χ2v) is 7.22. The summed E-state index contributed by atoms with van der Waals surface area (Å²) in [5.41, 5.74) is 1.79. The number of nitrogens with zero attached hydrogens (tertiary/aromatic N) is 2. The molecule has 2 fully saturated rings. The maximum absolute atomic E-state index is 11.9. The predicted octanol–water partition coefficient (Wildman–Crippen LogP) is 2.87. The first-order chi connectivity index (χ1) is 9.97. The predicted molar refractivity (Wildman–Crippen MR) is 85.0 cm³/mol. The zero-order valence-electron chi connectivity index (χ0n) is 13.4. The maximum atomic E-state index is 11.9. The smallest absolute Gasteiger partial charge is 0.222 e. The first-order valence-corrected chi connectivity index (χ1v) is 7.94. The van der Waals surface area contributed by atoms with Crippen LogP contribution in [0.15, 0.2) is 30.3 Å². The minimum Gasteiger partial charge on any atom is -0.345 e. The average Bonchev–Trinajstić information content (AvgIpc) is 2.75. The van der Waals surface area contributed by atoms with Gasteiger partial charge in [-0.25, -0.2) is 0 Å². The monoisotopic (exact) mass is 286 g/mol. The summed E-state index contributed by atoms with van der Waals surface area (Å²) in [6.45, 7) is 0.949. The minimum atomic E-state index is 0.136. The van der Waals surface area contributed by atoms with Crippen LogP contribution < -0.4 is 0 Å². The van der Waals surface area contributed by atoms with Crippen molar-refractivity contribution in [3.8, 4) is 0 Å². The number of hydrogen-bond acceptors (Lipinski definition) is 2. The fraction of sp³-hybridized carbons (Fsp3) is 0.611. The van der Waals surface area contributed by atoms with Crippen molar-refractivity contribution in [3.63, 3.8) is 0 Å². The number of carbonyl (C=O) groups is 1. The van der Waals surface area contributed by atoms with Gasteiger partial charge in [0.2, 0.25) is 5.91 Å². The van der Waals surface area contributed by atoms with Crippen molar-refractivity contribution in [1.29, 1.82) is 0 Å². The molecule has 114 valence electrons. The summed E-state index contributed by atoms with van der Waals surface area (Å²) >= 11 is 0. The molecule has 1 aromatic carbocycles. The topological polar surface area (TPSA) is 23.6 Å². The summed E-state index contributed by atoms with van der Waals surface area (Å²) in [7, 11) is 6.33. The highest BCUT2D eigenvalue weighted by molar-refractivity contribution is 5.79. The highest BCUT2D eigenvalue weighted by atomic mass is 16.2. The molecule has 0 atom stereocenters. The summed E-state index contributed by atoms with van der Waals surface area (Å²) in [6, 6.07) is 10.9. The van der Waals surface area contributed by atoms with Crippen LogP contribution in [0.5, 0.6) is 0 Å². The molecule has 1 aromatic rings. The Morgan fingerprint density at radius 3 is 2.14 bits per heavy atom. The highest BCUT2D eigenvalue weighted by Gasteiger charge is 2.49. The van der Waals surface area contributed by atoms with Crippen molar-refractivity contribution in [2.75, 3.05) is 27.7 Å². The zero-order valence-corrected chi connectivity index (χ0v) is 13.4. The van der Waals surface area contributed by atoms with Crippen molar-refractivity contribution < 1.29 is 4.79 Å². The van der Waals surface area contributed by atoms with E-state index in [0.29, 0.717) is 5.91 Å². The fourth-order valence-electron chi connectivity index (χ4n) is 4.37. The van der Waals surface area contributed by atoms with E-state index in [4.69, 9.17) is 0 Å². The van der Waals surface area contributed by atoms with Crippen LogP contribution in [0.25, 0.3) is 0 Å². The van der Waals surface area contributed by atoms with Gasteiger partial charge in [0.15, 0.2) is 0 Å². The van der Waals surface area contributed by atoms with Crippen molar-refractivity contribution >= 4 is 5.91 Å². The van der Waals surface area contributed by atoms with E-state index in [1.165, 1.54) is 5.56 Å². The molecule has 0 N–H and O–H groups in total. The van der Waals surface area contributed by atoms with Crippen LogP contribution in [0.2, 0.25) is 0 Å². The molecule has 1 aliphatic carbocycles. The normalized spacial score (nSPS) is 33.1. The molecule has 1 aliphatic heterocycles. The third-order valence-electron chi connectivity index (χ3n) is 5.83. The Bertz CT molecular complexity index is 515. The van der Waals surface area contributed by atoms with Crippen LogP contribution in [0.4, 0.5) is 0 Å². The minimum absolute atomic E-state index is 0.136. The zero-order chi connectivity index (χ0) is 15.1. The second-order valence-electron chi connectivity index (χ2n) is 7.22. The summed E-state index contributed by atoms with van der Waals surface area (Å²) in [5.74, 6) is 0.326. The van der Waals surface area contributed by atoms with Gasteiger partial charge in [-0.15, -0.1) is 0 Å². The lowest BCUT2D eigenvalue weighted by atomic mass is 9.64. The van der Waals surface area contributed by atoms with Crippen molar-refractivity contribution in [1.82, 2.24) is 9.80 Å². The maximum Gasteiger partial charge on any atom is 0.222 e. The Hall–Kier alpha value is -1.35. The van der Waals surface area contributed by atoms with Gasteiger partial charge in [-0.2, -0.15) is 0 Å². The number of likely N-dealkylation sites (tertiary alicyclic amines) is 1. The molecule has 1 spiro atoms. The van der Waals surface area contributed by atoms with Gasteiger partial charge in [-0.05, 0) is 50.8 Å². The Kier molecular flexibility index (Phi) is 3.56. The summed E-state index contributed by atoms with van der Waals surface area (Å²) in [4.78, 5) is 16.2. The molecule has 1 saturated carbocycles. The molecule has 3 rings (SSSR count). The molecule has 21 heavy (non-hydrogen) atoms. The number of hydrogen-bond donors (Lipinski definition) is 0. The lowest BCUT2D eigenvalue weighted by Crippen LogP contribution is -2.47. The van der Waals surface area contributed by atoms with Gasteiger partial charge in [0.1, 0.15) is 0 Å². The summed E-state index contributed by atoms with van der Waals surface area (Å²) < 4.78 is 0. The SMILES string of the molecule is CN1C[C@]2(CC[C@@](c3ccccc3)(N(C)C)CC2)CC1=O. The molecular formula is C18H26N2O. The van der Waals surface area contributed by atoms with E-state index in [2.05, 4.69) is 49.3 Å². The van der Waals surface area contributed by atoms with Gasteiger partial charge in [0, 0.05) is 25.6 Å². The van der Waals surface area contributed by atoms with Crippen molar-refractivity contribution in [2.45, 2.75) is 37.6 Å². The molecule has 0 radical (unpaired) electrons.